The van der Waals surface area contributed by atoms with Crippen molar-refractivity contribution < 1.29 is 4.79 Å². The van der Waals surface area contributed by atoms with Gasteiger partial charge in [-0.1, -0.05) is 48.0 Å². The molecule has 0 aliphatic rings. The third kappa shape index (κ3) is 3.83. The molecule has 0 saturated heterocycles. The molecule has 1 unspecified atom stereocenters. The molecule has 1 amide bonds. The average molecular weight is 402 g/mol. The van der Waals surface area contributed by atoms with Crippen LogP contribution in [0, 0.1) is 0 Å². The number of benzene rings is 2. The minimum Gasteiger partial charge on any atom is -0.340 e. The Bertz CT molecular complexity index is 801. The van der Waals surface area contributed by atoms with Gasteiger partial charge >= 0.3 is 0 Å². The maximum absolute atomic E-state index is 12.7. The van der Waals surface area contributed by atoms with E-state index in [1.807, 2.05) is 48.5 Å². The van der Waals surface area contributed by atoms with Crippen molar-refractivity contribution in [2.75, 3.05) is 0 Å². The van der Waals surface area contributed by atoms with Crippen molar-refractivity contribution in [1.29, 1.82) is 0 Å². The van der Waals surface area contributed by atoms with E-state index in [0.717, 1.165) is 11.3 Å². The number of halogens is 2. The summed E-state index contributed by atoms with van der Waals surface area (Å²) in [4.78, 5) is 17.1. The van der Waals surface area contributed by atoms with Crippen molar-refractivity contribution in [2.45, 2.75) is 6.04 Å². The summed E-state index contributed by atoms with van der Waals surface area (Å²) < 4.78 is 0.692. The summed E-state index contributed by atoms with van der Waals surface area (Å²) in [6.07, 6.45) is 1.72. The lowest BCUT2D eigenvalue weighted by molar-refractivity contribution is 0.0941. The number of carbonyl (C=O) groups excluding carboxylic acids is 1. The molecule has 1 heterocycles. The van der Waals surface area contributed by atoms with Crippen LogP contribution in [0.15, 0.2) is 77.4 Å². The second kappa shape index (κ2) is 7.60. The maximum Gasteiger partial charge on any atom is 0.253 e. The molecule has 0 aliphatic heterocycles. The lowest BCUT2D eigenvalue weighted by Crippen LogP contribution is -2.30. The van der Waals surface area contributed by atoms with E-state index in [1.165, 1.54) is 0 Å². The van der Waals surface area contributed by atoms with Gasteiger partial charge in [0.25, 0.3) is 5.91 Å². The van der Waals surface area contributed by atoms with Crippen LogP contribution >= 0.6 is 27.5 Å². The molecule has 1 N–H and O–H groups in total. The van der Waals surface area contributed by atoms with Gasteiger partial charge in [0, 0.05) is 15.7 Å². The zero-order valence-electron chi connectivity index (χ0n) is 12.6. The van der Waals surface area contributed by atoms with Crippen molar-refractivity contribution in [3.63, 3.8) is 0 Å². The van der Waals surface area contributed by atoms with Crippen LogP contribution in [-0.2, 0) is 0 Å². The highest BCUT2D eigenvalue weighted by Crippen LogP contribution is 2.24. The topological polar surface area (TPSA) is 42.0 Å². The van der Waals surface area contributed by atoms with Crippen LogP contribution < -0.4 is 5.32 Å². The van der Waals surface area contributed by atoms with E-state index in [1.54, 1.807) is 24.4 Å². The van der Waals surface area contributed by atoms with E-state index < -0.39 is 0 Å². The zero-order valence-corrected chi connectivity index (χ0v) is 15.0. The van der Waals surface area contributed by atoms with Gasteiger partial charge < -0.3 is 5.32 Å². The summed E-state index contributed by atoms with van der Waals surface area (Å²) in [5.41, 5.74) is 2.22. The Labute approximate surface area is 153 Å². The van der Waals surface area contributed by atoms with Crippen LogP contribution in [0.25, 0.3) is 0 Å². The maximum atomic E-state index is 12.7. The van der Waals surface area contributed by atoms with Crippen LogP contribution in [0.5, 0.6) is 0 Å². The highest BCUT2D eigenvalue weighted by atomic mass is 79.9. The second-order valence-electron chi connectivity index (χ2n) is 5.20. The number of hydrogen-bond donors (Lipinski definition) is 1. The lowest BCUT2D eigenvalue weighted by Gasteiger charge is -2.19. The van der Waals surface area contributed by atoms with Crippen LogP contribution in [0.4, 0.5) is 0 Å². The normalized spacial score (nSPS) is 11.8. The van der Waals surface area contributed by atoms with Crippen LogP contribution in [-0.4, -0.2) is 10.9 Å². The number of pyridine rings is 1. The first kappa shape index (κ1) is 16.7. The fourth-order valence-corrected chi connectivity index (χ4v) is 3.00. The molecule has 0 aliphatic carbocycles. The molecule has 5 heteroatoms. The predicted molar refractivity (Wildman–Crippen MR) is 99.1 cm³/mol. The number of carbonyl (C=O) groups is 1. The fraction of sp³-hybridized carbons (Fsp3) is 0.0526. The molecule has 0 fully saturated rings. The molecule has 24 heavy (non-hydrogen) atoms. The standard InChI is InChI=1S/C19H14BrClN2O/c20-16-10-9-14(21)12-15(16)19(24)23-18(13-6-2-1-3-7-13)17-8-4-5-11-22-17/h1-12,18H,(H,23,24). The molecular weight excluding hydrogens is 388 g/mol. The van der Waals surface area contributed by atoms with E-state index in [9.17, 15) is 4.79 Å². The van der Waals surface area contributed by atoms with Gasteiger partial charge in [-0.05, 0) is 51.8 Å². The summed E-state index contributed by atoms with van der Waals surface area (Å²) in [5, 5.41) is 3.56. The van der Waals surface area contributed by atoms with Gasteiger partial charge in [0.2, 0.25) is 0 Å². The van der Waals surface area contributed by atoms with Gasteiger partial charge in [-0.2, -0.15) is 0 Å². The number of amides is 1. The molecule has 0 spiro atoms. The van der Waals surface area contributed by atoms with Gasteiger partial charge in [-0.15, -0.1) is 0 Å². The molecular formula is C19H14BrClN2O. The number of nitrogens with zero attached hydrogens (tertiary/aromatic N) is 1. The molecule has 3 rings (SSSR count). The van der Waals surface area contributed by atoms with Crippen LogP contribution in [0.1, 0.15) is 27.7 Å². The Morgan fingerprint density at radius 3 is 2.50 bits per heavy atom. The third-order valence-corrected chi connectivity index (χ3v) is 4.49. The summed E-state index contributed by atoms with van der Waals surface area (Å²) in [6.45, 7) is 0. The first-order chi connectivity index (χ1) is 11.6. The quantitative estimate of drug-likeness (QED) is 0.667. The second-order valence-corrected chi connectivity index (χ2v) is 6.49. The SMILES string of the molecule is O=C(NC(c1ccccc1)c1ccccn1)c1cc(Cl)ccc1Br. The summed E-state index contributed by atoms with van der Waals surface area (Å²) in [7, 11) is 0. The largest absolute Gasteiger partial charge is 0.340 e. The molecule has 120 valence electrons. The Kier molecular flexibility index (Phi) is 5.28. The Balaban J connectivity index is 1.95. The van der Waals surface area contributed by atoms with E-state index in [0.29, 0.717) is 15.1 Å². The molecule has 0 bridgehead atoms. The Hall–Kier alpha value is -2.17. The first-order valence-corrected chi connectivity index (χ1v) is 8.54. The molecule has 0 radical (unpaired) electrons. The number of hydrogen-bond acceptors (Lipinski definition) is 2. The minimum atomic E-state index is -0.342. The van der Waals surface area contributed by atoms with Crippen LogP contribution in [0.3, 0.4) is 0 Å². The van der Waals surface area contributed by atoms with Gasteiger partial charge in [0.15, 0.2) is 0 Å². The number of aromatic nitrogens is 1. The van der Waals surface area contributed by atoms with Gasteiger partial charge in [0.05, 0.1) is 17.3 Å². The molecule has 1 aromatic heterocycles. The van der Waals surface area contributed by atoms with E-state index in [2.05, 4.69) is 26.2 Å². The van der Waals surface area contributed by atoms with Crippen molar-refractivity contribution in [3.8, 4) is 0 Å². The van der Waals surface area contributed by atoms with Crippen molar-refractivity contribution in [1.82, 2.24) is 10.3 Å². The monoisotopic (exact) mass is 400 g/mol. The first-order valence-electron chi connectivity index (χ1n) is 7.37. The Morgan fingerprint density at radius 2 is 1.79 bits per heavy atom. The van der Waals surface area contributed by atoms with E-state index in [4.69, 9.17) is 11.6 Å². The predicted octanol–water partition coefficient (Wildman–Crippen LogP) is 5.02. The fourth-order valence-electron chi connectivity index (χ4n) is 2.40. The van der Waals surface area contributed by atoms with Crippen molar-refractivity contribution in [2.24, 2.45) is 0 Å². The minimum absolute atomic E-state index is 0.219. The van der Waals surface area contributed by atoms with Crippen LogP contribution in [0.2, 0.25) is 5.02 Å². The van der Waals surface area contributed by atoms with Crippen molar-refractivity contribution >= 4 is 33.4 Å². The average Bonchev–Trinajstić information content (AvgIpc) is 2.63. The third-order valence-electron chi connectivity index (χ3n) is 3.56. The molecule has 0 saturated carbocycles. The highest BCUT2D eigenvalue weighted by molar-refractivity contribution is 9.10. The van der Waals surface area contributed by atoms with Crippen molar-refractivity contribution in [3.05, 3.63) is 99.2 Å². The van der Waals surface area contributed by atoms with E-state index in [-0.39, 0.29) is 11.9 Å². The van der Waals surface area contributed by atoms with E-state index >= 15 is 0 Å². The molecule has 2 aromatic carbocycles. The Morgan fingerprint density at radius 1 is 1.04 bits per heavy atom. The number of nitrogens with one attached hydrogen (secondary N) is 1. The molecule has 3 aromatic rings. The summed E-state index contributed by atoms with van der Waals surface area (Å²) in [5.74, 6) is -0.219. The zero-order chi connectivity index (χ0) is 16.9. The highest BCUT2D eigenvalue weighted by Gasteiger charge is 2.20. The summed E-state index contributed by atoms with van der Waals surface area (Å²) in [6, 6.07) is 20.2. The van der Waals surface area contributed by atoms with Gasteiger partial charge in [-0.25, -0.2) is 0 Å². The van der Waals surface area contributed by atoms with Gasteiger partial charge in [-0.3, -0.25) is 9.78 Å². The smallest absolute Gasteiger partial charge is 0.253 e. The van der Waals surface area contributed by atoms with Gasteiger partial charge in [0.1, 0.15) is 0 Å². The lowest BCUT2D eigenvalue weighted by atomic mass is 10.0. The molecule has 1 atom stereocenters. The number of rotatable bonds is 4. The summed E-state index contributed by atoms with van der Waals surface area (Å²) >= 11 is 9.42. The molecule has 3 nitrogen and oxygen atoms in total.